The Morgan fingerprint density at radius 1 is 1.17 bits per heavy atom. The zero-order valence-corrected chi connectivity index (χ0v) is 14.8. The van der Waals surface area contributed by atoms with E-state index in [1.165, 1.54) is 10.1 Å². The number of halogens is 1. The maximum Gasteiger partial charge on any atom is 0.256 e. The molecule has 2 heterocycles. The third kappa shape index (κ3) is 3.26. The molecule has 1 aromatic carbocycles. The van der Waals surface area contributed by atoms with Crippen LogP contribution < -0.4 is 5.32 Å². The van der Waals surface area contributed by atoms with E-state index in [-0.39, 0.29) is 11.3 Å². The molecule has 3 rings (SSSR count). The highest BCUT2D eigenvalue weighted by molar-refractivity contribution is 6.30. The van der Waals surface area contributed by atoms with Crippen molar-refractivity contribution in [3.63, 3.8) is 0 Å². The van der Waals surface area contributed by atoms with Gasteiger partial charge >= 0.3 is 0 Å². The number of aryl methyl sites for hydroxylation is 1. The molecule has 0 aliphatic rings. The number of nitrogens with one attached hydrogen (secondary N) is 1. The van der Waals surface area contributed by atoms with Gasteiger partial charge in [-0.3, -0.25) is 4.79 Å². The molecule has 5 nitrogen and oxygen atoms in total. The summed E-state index contributed by atoms with van der Waals surface area (Å²) in [6, 6.07) is 11.0. The summed E-state index contributed by atoms with van der Waals surface area (Å²) in [6.07, 6.45) is 0. The van der Waals surface area contributed by atoms with Crippen LogP contribution in [0.15, 0.2) is 36.4 Å². The second-order valence-electron chi connectivity index (χ2n) is 6.80. The van der Waals surface area contributed by atoms with Crippen molar-refractivity contribution in [2.45, 2.75) is 33.1 Å². The second kappa shape index (κ2) is 5.91. The van der Waals surface area contributed by atoms with E-state index in [0.29, 0.717) is 22.2 Å². The van der Waals surface area contributed by atoms with Gasteiger partial charge in [0.1, 0.15) is 11.0 Å². The van der Waals surface area contributed by atoms with Gasteiger partial charge in [-0.1, -0.05) is 44.5 Å². The summed E-state index contributed by atoms with van der Waals surface area (Å²) in [4.78, 5) is 16.8. The standard InChI is InChI=1S/C18H19ClN4O/c1-11-9-16-20-15(10-14(19)23(16)22-11)21-17(24)12-5-7-13(8-6-12)18(2,3)4/h5-10H,1-4H3,(H,20,21,24). The van der Waals surface area contributed by atoms with E-state index in [1.807, 2.05) is 31.2 Å². The Labute approximate surface area is 145 Å². The molecule has 0 spiro atoms. The molecule has 0 aliphatic heterocycles. The average Bonchev–Trinajstić information content (AvgIpc) is 2.87. The maximum atomic E-state index is 12.4. The summed E-state index contributed by atoms with van der Waals surface area (Å²) >= 11 is 6.19. The predicted molar refractivity (Wildman–Crippen MR) is 95.8 cm³/mol. The van der Waals surface area contributed by atoms with Crippen LogP contribution in [-0.4, -0.2) is 20.5 Å². The Morgan fingerprint density at radius 2 is 1.83 bits per heavy atom. The third-order valence-electron chi connectivity index (χ3n) is 3.76. The molecule has 0 atom stereocenters. The van der Waals surface area contributed by atoms with E-state index < -0.39 is 0 Å². The fourth-order valence-corrected chi connectivity index (χ4v) is 2.65. The molecule has 24 heavy (non-hydrogen) atoms. The zero-order valence-electron chi connectivity index (χ0n) is 14.1. The van der Waals surface area contributed by atoms with Crippen LogP contribution >= 0.6 is 11.6 Å². The number of hydrogen-bond donors (Lipinski definition) is 1. The Kier molecular flexibility index (Phi) is 4.05. The van der Waals surface area contributed by atoms with Gasteiger partial charge < -0.3 is 5.32 Å². The van der Waals surface area contributed by atoms with Gasteiger partial charge in [-0.15, -0.1) is 0 Å². The van der Waals surface area contributed by atoms with Crippen LogP contribution in [-0.2, 0) is 5.41 Å². The van der Waals surface area contributed by atoms with Crippen molar-refractivity contribution in [2.24, 2.45) is 0 Å². The predicted octanol–water partition coefficient (Wildman–Crippen LogP) is 4.24. The van der Waals surface area contributed by atoms with E-state index in [2.05, 4.69) is 36.2 Å². The van der Waals surface area contributed by atoms with Crippen LogP contribution in [0.5, 0.6) is 0 Å². The van der Waals surface area contributed by atoms with Gasteiger partial charge in [-0.25, -0.2) is 9.50 Å². The zero-order chi connectivity index (χ0) is 17.5. The van der Waals surface area contributed by atoms with Gasteiger partial charge in [0.25, 0.3) is 5.91 Å². The summed E-state index contributed by atoms with van der Waals surface area (Å²) < 4.78 is 1.53. The van der Waals surface area contributed by atoms with Crippen LogP contribution in [0.1, 0.15) is 42.4 Å². The van der Waals surface area contributed by atoms with E-state index >= 15 is 0 Å². The smallest absolute Gasteiger partial charge is 0.256 e. The molecule has 2 aromatic heterocycles. The van der Waals surface area contributed by atoms with Gasteiger partial charge in [0.05, 0.1) is 5.69 Å². The Morgan fingerprint density at radius 3 is 2.46 bits per heavy atom. The third-order valence-corrected chi connectivity index (χ3v) is 4.03. The normalized spacial score (nSPS) is 11.7. The minimum atomic E-state index is -0.223. The average molecular weight is 343 g/mol. The fraction of sp³-hybridized carbons (Fsp3) is 0.278. The van der Waals surface area contributed by atoms with Crippen molar-refractivity contribution in [2.75, 3.05) is 5.32 Å². The van der Waals surface area contributed by atoms with Crippen LogP contribution in [0.2, 0.25) is 5.15 Å². The Hall–Kier alpha value is -2.40. The molecule has 6 heteroatoms. The summed E-state index contributed by atoms with van der Waals surface area (Å²) in [5, 5.41) is 7.41. The summed E-state index contributed by atoms with van der Waals surface area (Å²) in [6.45, 7) is 8.27. The number of anilines is 1. The quantitative estimate of drug-likeness (QED) is 0.708. The Bertz CT molecular complexity index is 907. The minimum Gasteiger partial charge on any atom is -0.306 e. The van der Waals surface area contributed by atoms with Crippen LogP contribution in [0, 0.1) is 6.92 Å². The molecule has 1 amide bonds. The van der Waals surface area contributed by atoms with Crippen molar-refractivity contribution >= 4 is 29.0 Å². The molecule has 0 fully saturated rings. The van der Waals surface area contributed by atoms with Gasteiger partial charge in [-0.05, 0) is 30.0 Å². The first-order chi connectivity index (χ1) is 11.2. The van der Waals surface area contributed by atoms with Crippen LogP contribution in [0.25, 0.3) is 5.65 Å². The van der Waals surface area contributed by atoms with E-state index in [4.69, 9.17) is 11.6 Å². The molecule has 124 valence electrons. The molecular formula is C18H19ClN4O. The highest BCUT2D eigenvalue weighted by Crippen LogP contribution is 2.23. The summed E-state index contributed by atoms with van der Waals surface area (Å²) in [5.74, 6) is 0.178. The number of benzene rings is 1. The maximum absolute atomic E-state index is 12.4. The molecule has 0 radical (unpaired) electrons. The number of nitrogens with zero attached hydrogens (tertiary/aromatic N) is 3. The topological polar surface area (TPSA) is 59.3 Å². The Balaban J connectivity index is 1.84. The first-order valence-corrected chi connectivity index (χ1v) is 8.07. The lowest BCUT2D eigenvalue weighted by atomic mass is 9.87. The van der Waals surface area contributed by atoms with Crippen molar-refractivity contribution in [1.82, 2.24) is 14.6 Å². The van der Waals surface area contributed by atoms with Crippen LogP contribution in [0.3, 0.4) is 0 Å². The molecule has 0 saturated carbocycles. The first-order valence-electron chi connectivity index (χ1n) is 7.69. The molecular weight excluding hydrogens is 324 g/mol. The van der Waals surface area contributed by atoms with E-state index in [9.17, 15) is 4.79 Å². The molecule has 0 saturated heterocycles. The number of hydrogen-bond acceptors (Lipinski definition) is 3. The number of carbonyl (C=O) groups is 1. The number of aromatic nitrogens is 3. The highest BCUT2D eigenvalue weighted by atomic mass is 35.5. The van der Waals surface area contributed by atoms with Gasteiger partial charge in [0, 0.05) is 17.7 Å². The number of amides is 1. The molecule has 0 aliphatic carbocycles. The molecule has 0 unspecified atom stereocenters. The van der Waals surface area contributed by atoms with E-state index in [1.54, 1.807) is 12.1 Å². The molecule has 3 aromatic rings. The van der Waals surface area contributed by atoms with E-state index in [0.717, 1.165) is 5.69 Å². The van der Waals surface area contributed by atoms with Crippen molar-refractivity contribution < 1.29 is 4.79 Å². The fourth-order valence-electron chi connectivity index (χ4n) is 2.43. The van der Waals surface area contributed by atoms with Crippen molar-refractivity contribution in [3.05, 3.63) is 58.4 Å². The van der Waals surface area contributed by atoms with Crippen molar-refractivity contribution in [1.29, 1.82) is 0 Å². The summed E-state index contributed by atoms with van der Waals surface area (Å²) in [5.41, 5.74) is 3.21. The number of fused-ring (bicyclic) bond motifs is 1. The number of rotatable bonds is 2. The lowest BCUT2D eigenvalue weighted by Gasteiger charge is -2.19. The second-order valence-corrected chi connectivity index (χ2v) is 7.19. The molecule has 1 N–H and O–H groups in total. The lowest BCUT2D eigenvalue weighted by molar-refractivity contribution is 0.102. The monoisotopic (exact) mass is 342 g/mol. The largest absolute Gasteiger partial charge is 0.306 e. The van der Waals surface area contributed by atoms with Crippen LogP contribution in [0.4, 0.5) is 5.82 Å². The minimum absolute atomic E-state index is 0.0506. The van der Waals surface area contributed by atoms with Gasteiger partial charge in [0.15, 0.2) is 5.65 Å². The summed E-state index contributed by atoms with van der Waals surface area (Å²) in [7, 11) is 0. The molecule has 0 bridgehead atoms. The lowest BCUT2D eigenvalue weighted by Crippen LogP contribution is -2.15. The first kappa shape index (κ1) is 16.5. The van der Waals surface area contributed by atoms with Gasteiger partial charge in [0.2, 0.25) is 0 Å². The number of carbonyl (C=O) groups excluding carboxylic acids is 1. The SMILES string of the molecule is Cc1cc2nc(NC(=O)c3ccc(C(C)(C)C)cc3)cc(Cl)n2n1. The highest BCUT2D eigenvalue weighted by Gasteiger charge is 2.15. The van der Waals surface area contributed by atoms with Crippen molar-refractivity contribution in [3.8, 4) is 0 Å². The van der Waals surface area contributed by atoms with Gasteiger partial charge in [-0.2, -0.15) is 5.10 Å².